The fourth-order valence-electron chi connectivity index (χ4n) is 1.49. The van der Waals surface area contributed by atoms with Gasteiger partial charge in [0.1, 0.15) is 5.38 Å². The van der Waals surface area contributed by atoms with E-state index in [4.69, 9.17) is 16.3 Å². The zero-order valence-electron chi connectivity index (χ0n) is 10.4. The van der Waals surface area contributed by atoms with Gasteiger partial charge in [0.25, 0.3) is 5.69 Å². The number of carbonyl (C=O) groups is 2. The van der Waals surface area contributed by atoms with E-state index in [1.807, 2.05) is 0 Å². The number of nitrogens with zero attached hydrogens (tertiary/aromatic N) is 1. The Bertz CT molecular complexity index is 529. The van der Waals surface area contributed by atoms with Crippen molar-refractivity contribution in [1.29, 1.82) is 0 Å². The SMILES string of the molecule is CCOC(=O)c1ccc([N+](=O)[O-])cc1C(Cl)C(C)=O. The molecule has 0 amide bonds. The number of benzene rings is 1. The third-order valence-corrected chi connectivity index (χ3v) is 2.91. The molecule has 7 heteroatoms. The molecule has 0 aliphatic heterocycles. The molecule has 0 saturated heterocycles. The van der Waals surface area contributed by atoms with Crippen LogP contribution in [0.15, 0.2) is 18.2 Å². The summed E-state index contributed by atoms with van der Waals surface area (Å²) in [6.45, 7) is 3.03. The number of ether oxygens (including phenoxy) is 1. The number of hydrogen-bond donors (Lipinski definition) is 0. The van der Waals surface area contributed by atoms with Crippen molar-refractivity contribution in [3.63, 3.8) is 0 Å². The van der Waals surface area contributed by atoms with Crippen LogP contribution in [0.3, 0.4) is 0 Å². The van der Waals surface area contributed by atoms with Gasteiger partial charge in [0.05, 0.1) is 17.1 Å². The Morgan fingerprint density at radius 3 is 2.58 bits per heavy atom. The molecule has 0 aliphatic carbocycles. The van der Waals surface area contributed by atoms with Gasteiger partial charge in [0, 0.05) is 12.1 Å². The summed E-state index contributed by atoms with van der Waals surface area (Å²) in [5.74, 6) is -1.08. The van der Waals surface area contributed by atoms with Gasteiger partial charge in [-0.2, -0.15) is 0 Å². The van der Waals surface area contributed by atoms with Gasteiger partial charge < -0.3 is 4.74 Å². The van der Waals surface area contributed by atoms with Gasteiger partial charge in [-0.1, -0.05) is 0 Å². The van der Waals surface area contributed by atoms with Crippen LogP contribution in [0.5, 0.6) is 0 Å². The first-order valence-electron chi connectivity index (χ1n) is 5.48. The fourth-order valence-corrected chi connectivity index (χ4v) is 1.67. The summed E-state index contributed by atoms with van der Waals surface area (Å²) in [6.07, 6.45) is 0. The topological polar surface area (TPSA) is 86.5 Å². The zero-order chi connectivity index (χ0) is 14.6. The highest BCUT2D eigenvalue weighted by Gasteiger charge is 2.24. The van der Waals surface area contributed by atoms with Gasteiger partial charge in [-0.25, -0.2) is 4.79 Å². The van der Waals surface area contributed by atoms with Crippen LogP contribution in [-0.2, 0) is 9.53 Å². The molecule has 1 aromatic rings. The van der Waals surface area contributed by atoms with Crippen LogP contribution in [0.4, 0.5) is 5.69 Å². The van der Waals surface area contributed by atoms with Gasteiger partial charge in [0.2, 0.25) is 0 Å². The molecule has 0 heterocycles. The maximum absolute atomic E-state index is 11.7. The van der Waals surface area contributed by atoms with Gasteiger partial charge in [-0.05, 0) is 25.5 Å². The molecule has 1 unspecified atom stereocenters. The summed E-state index contributed by atoms with van der Waals surface area (Å²) >= 11 is 5.89. The highest BCUT2D eigenvalue weighted by atomic mass is 35.5. The van der Waals surface area contributed by atoms with E-state index in [9.17, 15) is 19.7 Å². The lowest BCUT2D eigenvalue weighted by Gasteiger charge is -2.11. The molecule has 0 bridgehead atoms. The molecule has 19 heavy (non-hydrogen) atoms. The van der Waals surface area contributed by atoms with Crippen molar-refractivity contribution in [3.05, 3.63) is 39.4 Å². The largest absolute Gasteiger partial charge is 0.462 e. The summed E-state index contributed by atoms with van der Waals surface area (Å²) in [7, 11) is 0. The van der Waals surface area contributed by atoms with Crippen molar-refractivity contribution in [3.8, 4) is 0 Å². The number of Topliss-reactive ketones (excluding diaryl/α,β-unsaturated/α-hetero) is 1. The Balaban J connectivity index is 3.34. The summed E-state index contributed by atoms with van der Waals surface area (Å²) in [4.78, 5) is 33.1. The molecule has 0 spiro atoms. The molecule has 1 aromatic carbocycles. The number of halogens is 1. The summed E-state index contributed by atoms with van der Waals surface area (Å²) < 4.78 is 4.82. The van der Waals surface area contributed by atoms with Gasteiger partial charge in [-0.3, -0.25) is 14.9 Å². The zero-order valence-corrected chi connectivity index (χ0v) is 11.1. The molecule has 0 aromatic heterocycles. The molecule has 1 atom stereocenters. The highest BCUT2D eigenvalue weighted by Crippen LogP contribution is 2.29. The van der Waals surface area contributed by atoms with Crippen molar-refractivity contribution in [2.24, 2.45) is 0 Å². The Hall–Kier alpha value is -1.95. The second kappa shape index (κ2) is 6.29. The smallest absolute Gasteiger partial charge is 0.338 e. The minimum absolute atomic E-state index is 0.0580. The van der Waals surface area contributed by atoms with Crippen molar-refractivity contribution < 1.29 is 19.2 Å². The van der Waals surface area contributed by atoms with Crippen LogP contribution in [0.25, 0.3) is 0 Å². The number of esters is 1. The number of carbonyl (C=O) groups excluding carboxylic acids is 2. The second-order valence-corrected chi connectivity index (χ2v) is 4.16. The molecule has 0 aliphatic rings. The molecule has 0 radical (unpaired) electrons. The van der Waals surface area contributed by atoms with E-state index in [-0.39, 0.29) is 23.4 Å². The van der Waals surface area contributed by atoms with E-state index < -0.39 is 22.1 Å². The van der Waals surface area contributed by atoms with E-state index in [2.05, 4.69) is 0 Å². The standard InChI is InChI=1S/C12H12ClNO5/c1-3-19-12(16)9-5-4-8(14(17)18)6-10(9)11(13)7(2)15/h4-6,11H,3H2,1-2H3. The van der Waals surface area contributed by atoms with Gasteiger partial charge >= 0.3 is 5.97 Å². The number of ketones is 1. The predicted molar refractivity (Wildman–Crippen MR) is 68.3 cm³/mol. The first kappa shape index (κ1) is 15.1. The van der Waals surface area contributed by atoms with Gasteiger partial charge in [0.15, 0.2) is 5.78 Å². The molecular weight excluding hydrogens is 274 g/mol. The van der Waals surface area contributed by atoms with E-state index in [1.54, 1.807) is 6.92 Å². The van der Waals surface area contributed by atoms with Crippen molar-refractivity contribution >= 4 is 29.0 Å². The van der Waals surface area contributed by atoms with Crippen LogP contribution in [-0.4, -0.2) is 23.3 Å². The Labute approximate surface area is 114 Å². The highest BCUT2D eigenvalue weighted by molar-refractivity contribution is 6.31. The van der Waals surface area contributed by atoms with Crippen LogP contribution in [0.1, 0.15) is 35.1 Å². The van der Waals surface area contributed by atoms with Gasteiger partial charge in [-0.15, -0.1) is 11.6 Å². The first-order valence-corrected chi connectivity index (χ1v) is 5.92. The quantitative estimate of drug-likeness (QED) is 0.359. The Morgan fingerprint density at radius 1 is 1.47 bits per heavy atom. The molecule has 0 fully saturated rings. The summed E-state index contributed by atoms with van der Waals surface area (Å²) in [5, 5.41) is 9.59. The van der Waals surface area contributed by atoms with E-state index in [0.29, 0.717) is 0 Å². The van der Waals surface area contributed by atoms with Crippen LogP contribution in [0.2, 0.25) is 0 Å². The average Bonchev–Trinajstić information content (AvgIpc) is 2.37. The molecule has 0 N–H and O–H groups in total. The number of alkyl halides is 1. The predicted octanol–water partition coefficient (Wildman–Crippen LogP) is 2.64. The maximum atomic E-state index is 11.7. The number of nitro groups is 1. The minimum Gasteiger partial charge on any atom is -0.462 e. The molecule has 102 valence electrons. The maximum Gasteiger partial charge on any atom is 0.338 e. The summed E-state index contributed by atoms with van der Waals surface area (Å²) in [5.41, 5.74) is -0.0978. The second-order valence-electron chi connectivity index (χ2n) is 3.72. The van der Waals surface area contributed by atoms with Crippen LogP contribution in [0, 0.1) is 10.1 Å². The lowest BCUT2D eigenvalue weighted by Crippen LogP contribution is -2.12. The molecule has 6 nitrogen and oxygen atoms in total. The molecule has 0 saturated carbocycles. The number of non-ortho nitro benzene ring substituents is 1. The minimum atomic E-state index is -1.13. The average molecular weight is 286 g/mol. The van der Waals surface area contributed by atoms with Crippen LogP contribution < -0.4 is 0 Å². The van der Waals surface area contributed by atoms with E-state index >= 15 is 0 Å². The number of nitro benzene ring substituents is 1. The lowest BCUT2D eigenvalue weighted by molar-refractivity contribution is -0.384. The van der Waals surface area contributed by atoms with Crippen LogP contribution >= 0.6 is 11.6 Å². The lowest BCUT2D eigenvalue weighted by atomic mass is 10.0. The van der Waals surface area contributed by atoms with Crippen molar-refractivity contribution in [2.75, 3.05) is 6.61 Å². The number of rotatable bonds is 5. The first-order chi connectivity index (χ1) is 8.88. The monoisotopic (exact) mass is 285 g/mol. The Kier molecular flexibility index (Phi) is 5.00. The normalized spacial score (nSPS) is 11.7. The third kappa shape index (κ3) is 3.51. The van der Waals surface area contributed by atoms with E-state index in [1.165, 1.54) is 19.1 Å². The van der Waals surface area contributed by atoms with E-state index in [0.717, 1.165) is 6.07 Å². The van der Waals surface area contributed by atoms with Crippen molar-refractivity contribution in [1.82, 2.24) is 0 Å². The molecule has 1 rings (SSSR count). The fraction of sp³-hybridized carbons (Fsp3) is 0.333. The Morgan fingerprint density at radius 2 is 2.11 bits per heavy atom. The number of hydrogen-bond acceptors (Lipinski definition) is 5. The molecular formula is C12H12ClNO5. The third-order valence-electron chi connectivity index (χ3n) is 2.37. The summed E-state index contributed by atoms with van der Waals surface area (Å²) in [6, 6.07) is 3.52. The van der Waals surface area contributed by atoms with Crippen molar-refractivity contribution in [2.45, 2.75) is 19.2 Å².